The van der Waals surface area contributed by atoms with Crippen LogP contribution in [-0.4, -0.2) is 73.0 Å². The smallest absolute Gasteiger partial charge is 0.257 e. The Morgan fingerprint density at radius 2 is 1.66 bits per heavy atom. The summed E-state index contributed by atoms with van der Waals surface area (Å²) in [7, 11) is -3.79. The second kappa shape index (κ2) is 11.6. The Bertz CT molecular complexity index is 1350. The first-order valence-corrected chi connectivity index (χ1v) is 14.8. The molecule has 2 aliphatic heterocycles. The van der Waals surface area contributed by atoms with Crippen LogP contribution in [0.3, 0.4) is 0 Å². The van der Waals surface area contributed by atoms with Gasteiger partial charge in [-0.15, -0.1) is 24.5 Å². The number of nitrogens with one attached hydrogen (secondary N) is 1. The Morgan fingerprint density at radius 3 is 2.24 bits per heavy atom. The number of amides is 3. The molecule has 11 heteroatoms. The lowest BCUT2D eigenvalue weighted by Gasteiger charge is -2.26. The van der Waals surface area contributed by atoms with Crippen molar-refractivity contribution in [1.82, 2.24) is 14.1 Å². The number of carbonyl (C=O) groups excluding carboxylic acids is 3. The fraction of sp³-hybridized carbons (Fsp3) is 0.370. The quantitative estimate of drug-likeness (QED) is 0.476. The maximum atomic E-state index is 13.5. The molecule has 0 atom stereocenters. The molecule has 0 saturated carbocycles. The van der Waals surface area contributed by atoms with E-state index in [1.165, 1.54) is 59.0 Å². The number of fused-ring (bicyclic) bond motifs is 1. The topological polar surface area (TPSA) is 107 Å². The van der Waals surface area contributed by atoms with Gasteiger partial charge in [0.25, 0.3) is 11.8 Å². The van der Waals surface area contributed by atoms with Crippen LogP contribution in [-0.2, 0) is 27.8 Å². The van der Waals surface area contributed by atoms with Crippen molar-refractivity contribution in [3.05, 3.63) is 71.1 Å². The van der Waals surface area contributed by atoms with Gasteiger partial charge in [0.15, 0.2) is 0 Å². The van der Waals surface area contributed by atoms with E-state index in [-0.39, 0.29) is 35.4 Å². The van der Waals surface area contributed by atoms with Crippen molar-refractivity contribution in [2.24, 2.45) is 0 Å². The minimum Gasteiger partial charge on any atom is -0.339 e. The Labute approximate surface area is 227 Å². The number of nitrogens with zero attached hydrogens (tertiary/aromatic N) is 3. The second-order valence-electron chi connectivity index (χ2n) is 9.28. The molecule has 9 nitrogen and oxygen atoms in total. The molecule has 0 radical (unpaired) electrons. The summed E-state index contributed by atoms with van der Waals surface area (Å²) in [5, 5.41) is 3.36. The number of rotatable bonds is 9. The summed E-state index contributed by atoms with van der Waals surface area (Å²) in [6.07, 6.45) is 5.45. The van der Waals surface area contributed by atoms with Crippen molar-refractivity contribution < 1.29 is 22.8 Å². The monoisotopic (exact) mass is 556 g/mol. The number of thiophene rings is 1. The molecule has 1 fully saturated rings. The van der Waals surface area contributed by atoms with E-state index in [0.717, 1.165) is 23.3 Å². The van der Waals surface area contributed by atoms with E-state index in [1.54, 1.807) is 4.90 Å². The standard InChI is InChI=1S/C27H32N4O5S2/c1-4-13-31(14-5-2)38(35,36)21-10-8-20(9-11-21)25(33)28-26-24(27(34)29-15-6-7-16-29)22-12-17-30(19(3)32)18-23(22)37-26/h4-5,8-11H,1-2,6-7,12-18H2,3H3,(H,28,33). The van der Waals surface area contributed by atoms with Crippen molar-refractivity contribution >= 4 is 44.1 Å². The normalized spacial score (nSPS) is 15.3. The molecule has 1 saturated heterocycles. The van der Waals surface area contributed by atoms with E-state index in [0.29, 0.717) is 43.2 Å². The van der Waals surface area contributed by atoms with Crippen LogP contribution in [0.1, 0.15) is 50.9 Å². The Morgan fingerprint density at radius 1 is 1.03 bits per heavy atom. The maximum absolute atomic E-state index is 13.5. The molecule has 1 N–H and O–H groups in total. The van der Waals surface area contributed by atoms with Gasteiger partial charge in [-0.1, -0.05) is 12.2 Å². The first-order valence-electron chi connectivity index (χ1n) is 12.5. The van der Waals surface area contributed by atoms with Gasteiger partial charge in [-0.05, 0) is 49.1 Å². The predicted octanol–water partition coefficient (Wildman–Crippen LogP) is 3.50. The van der Waals surface area contributed by atoms with Gasteiger partial charge in [-0.25, -0.2) is 8.42 Å². The molecule has 38 heavy (non-hydrogen) atoms. The predicted molar refractivity (Wildman–Crippen MR) is 148 cm³/mol. The molecule has 1 aromatic carbocycles. The molecule has 2 aliphatic rings. The van der Waals surface area contributed by atoms with Gasteiger partial charge in [-0.3, -0.25) is 14.4 Å². The van der Waals surface area contributed by atoms with Crippen LogP contribution >= 0.6 is 11.3 Å². The zero-order chi connectivity index (χ0) is 27.4. The number of hydrogen-bond acceptors (Lipinski definition) is 6. The molecule has 0 bridgehead atoms. The van der Waals surface area contributed by atoms with Gasteiger partial charge in [0, 0.05) is 50.1 Å². The van der Waals surface area contributed by atoms with Crippen molar-refractivity contribution in [3.63, 3.8) is 0 Å². The van der Waals surface area contributed by atoms with E-state index in [9.17, 15) is 22.8 Å². The third-order valence-electron chi connectivity index (χ3n) is 6.76. The highest BCUT2D eigenvalue weighted by atomic mass is 32.2. The minimum absolute atomic E-state index is 0.0307. The summed E-state index contributed by atoms with van der Waals surface area (Å²) in [5.74, 6) is -0.574. The molecule has 202 valence electrons. The number of benzene rings is 1. The second-order valence-corrected chi connectivity index (χ2v) is 12.3. The molecular weight excluding hydrogens is 524 g/mol. The van der Waals surface area contributed by atoms with Gasteiger partial charge in [-0.2, -0.15) is 4.31 Å². The van der Waals surface area contributed by atoms with E-state index < -0.39 is 15.9 Å². The average Bonchev–Trinajstić information content (AvgIpc) is 3.56. The summed E-state index contributed by atoms with van der Waals surface area (Å²) in [6.45, 7) is 11.3. The summed E-state index contributed by atoms with van der Waals surface area (Å²) >= 11 is 1.32. The molecule has 0 aliphatic carbocycles. The summed E-state index contributed by atoms with van der Waals surface area (Å²) < 4.78 is 27.2. The lowest BCUT2D eigenvalue weighted by molar-refractivity contribution is -0.129. The molecule has 2 aromatic rings. The number of sulfonamides is 1. The van der Waals surface area contributed by atoms with E-state index in [4.69, 9.17) is 0 Å². The number of carbonyl (C=O) groups is 3. The minimum atomic E-state index is -3.79. The molecule has 3 heterocycles. The highest BCUT2D eigenvalue weighted by Crippen LogP contribution is 2.38. The highest BCUT2D eigenvalue weighted by molar-refractivity contribution is 7.89. The van der Waals surface area contributed by atoms with Crippen LogP contribution < -0.4 is 5.32 Å². The number of anilines is 1. The van der Waals surface area contributed by atoms with Gasteiger partial charge < -0.3 is 15.1 Å². The van der Waals surface area contributed by atoms with Gasteiger partial charge in [0.2, 0.25) is 15.9 Å². The SMILES string of the molecule is C=CCN(CC=C)S(=O)(=O)c1ccc(C(=O)Nc2sc3c(c2C(=O)N2CCCC2)CCN(C(C)=O)C3)cc1. The van der Waals surface area contributed by atoms with Crippen molar-refractivity contribution in [2.75, 3.05) is 38.0 Å². The molecular formula is C27H32N4O5S2. The van der Waals surface area contributed by atoms with E-state index in [1.807, 2.05) is 4.90 Å². The van der Waals surface area contributed by atoms with Crippen molar-refractivity contribution in [3.8, 4) is 0 Å². The molecule has 1 aromatic heterocycles. The Hall–Kier alpha value is -3.28. The molecule has 3 amide bonds. The summed E-state index contributed by atoms with van der Waals surface area (Å²) in [6, 6.07) is 5.69. The molecule has 4 rings (SSSR count). The van der Waals surface area contributed by atoms with Crippen LogP contribution in [0.4, 0.5) is 5.00 Å². The lowest BCUT2D eigenvalue weighted by Crippen LogP contribution is -2.35. The maximum Gasteiger partial charge on any atom is 0.257 e. The van der Waals surface area contributed by atoms with Crippen LogP contribution in [0.5, 0.6) is 0 Å². The van der Waals surface area contributed by atoms with E-state index >= 15 is 0 Å². The van der Waals surface area contributed by atoms with Gasteiger partial charge in [0.1, 0.15) is 5.00 Å². The van der Waals surface area contributed by atoms with Crippen LogP contribution in [0.15, 0.2) is 54.5 Å². The zero-order valence-corrected chi connectivity index (χ0v) is 23.1. The van der Waals surface area contributed by atoms with Crippen molar-refractivity contribution in [2.45, 2.75) is 37.6 Å². The van der Waals surface area contributed by atoms with Crippen molar-refractivity contribution in [1.29, 1.82) is 0 Å². The number of hydrogen-bond donors (Lipinski definition) is 1. The summed E-state index contributed by atoms with van der Waals surface area (Å²) in [5.41, 5.74) is 1.66. The Kier molecular flexibility index (Phi) is 8.49. The molecule has 0 unspecified atom stereocenters. The van der Waals surface area contributed by atoms with Crippen LogP contribution in [0.2, 0.25) is 0 Å². The number of likely N-dealkylation sites (tertiary alicyclic amines) is 1. The lowest BCUT2D eigenvalue weighted by atomic mass is 10.0. The third-order valence-corrected chi connectivity index (χ3v) is 9.73. The first kappa shape index (κ1) is 27.7. The fourth-order valence-corrected chi connectivity index (χ4v) is 7.36. The van der Waals surface area contributed by atoms with Gasteiger partial charge in [0.05, 0.1) is 17.0 Å². The first-order chi connectivity index (χ1) is 18.2. The van der Waals surface area contributed by atoms with E-state index in [2.05, 4.69) is 18.5 Å². The average molecular weight is 557 g/mol. The highest BCUT2D eigenvalue weighted by Gasteiger charge is 2.32. The van der Waals surface area contributed by atoms with Crippen LogP contribution in [0.25, 0.3) is 0 Å². The fourth-order valence-electron chi connectivity index (χ4n) is 4.73. The summed E-state index contributed by atoms with van der Waals surface area (Å²) in [4.78, 5) is 43.1. The molecule has 0 spiro atoms. The van der Waals surface area contributed by atoms with Gasteiger partial charge >= 0.3 is 0 Å². The van der Waals surface area contributed by atoms with Crippen LogP contribution in [0, 0.1) is 0 Å². The largest absolute Gasteiger partial charge is 0.339 e. The Balaban J connectivity index is 1.60. The third kappa shape index (κ3) is 5.59. The zero-order valence-electron chi connectivity index (χ0n) is 21.4.